The van der Waals surface area contributed by atoms with Gasteiger partial charge in [-0.15, -0.1) is 0 Å². The van der Waals surface area contributed by atoms with E-state index in [2.05, 4.69) is 5.10 Å². The summed E-state index contributed by atoms with van der Waals surface area (Å²) >= 11 is 0. The number of aromatic nitrogens is 2. The highest BCUT2D eigenvalue weighted by atomic mass is 19.1. The van der Waals surface area contributed by atoms with Crippen LogP contribution in [-0.4, -0.2) is 16.9 Å². The van der Waals surface area contributed by atoms with Crippen LogP contribution < -0.4 is 10.5 Å². The van der Waals surface area contributed by atoms with E-state index in [1.165, 1.54) is 13.2 Å². The van der Waals surface area contributed by atoms with E-state index in [4.69, 9.17) is 10.5 Å². The van der Waals surface area contributed by atoms with Crippen LogP contribution in [-0.2, 0) is 7.05 Å². The van der Waals surface area contributed by atoms with E-state index < -0.39 is 5.82 Å². The van der Waals surface area contributed by atoms with Gasteiger partial charge in [-0.1, -0.05) is 6.07 Å². The van der Waals surface area contributed by atoms with Gasteiger partial charge in [-0.3, -0.25) is 4.68 Å². The third-order valence-corrected chi connectivity index (χ3v) is 2.80. The smallest absolute Gasteiger partial charge is 0.165 e. The van der Waals surface area contributed by atoms with Gasteiger partial charge in [0.15, 0.2) is 17.4 Å². The number of hydrogen-bond donors (Lipinski definition) is 1. The van der Waals surface area contributed by atoms with Gasteiger partial charge in [0.25, 0.3) is 0 Å². The van der Waals surface area contributed by atoms with Crippen molar-refractivity contribution in [2.75, 3.05) is 12.8 Å². The monoisotopic (exact) mass is 235 g/mol. The third kappa shape index (κ3) is 1.84. The number of methoxy groups -OCH3 is 1. The molecule has 0 aliphatic heterocycles. The van der Waals surface area contributed by atoms with Crippen LogP contribution in [0.15, 0.2) is 18.2 Å². The summed E-state index contributed by atoms with van der Waals surface area (Å²) in [5, 5.41) is 4.10. The van der Waals surface area contributed by atoms with E-state index >= 15 is 0 Å². The lowest BCUT2D eigenvalue weighted by atomic mass is 10.1. The highest BCUT2D eigenvalue weighted by molar-refractivity contribution is 5.76. The fourth-order valence-corrected chi connectivity index (χ4v) is 1.81. The average Bonchev–Trinajstić information content (AvgIpc) is 2.53. The minimum atomic E-state index is -0.410. The first-order valence-corrected chi connectivity index (χ1v) is 5.17. The minimum Gasteiger partial charge on any atom is -0.494 e. The average molecular weight is 235 g/mol. The topological polar surface area (TPSA) is 53.1 Å². The van der Waals surface area contributed by atoms with Gasteiger partial charge < -0.3 is 10.5 Å². The number of hydrogen-bond acceptors (Lipinski definition) is 3. The van der Waals surface area contributed by atoms with Crippen molar-refractivity contribution in [1.82, 2.24) is 9.78 Å². The number of aryl methyl sites for hydroxylation is 1. The number of benzene rings is 1. The predicted octanol–water partition coefficient (Wildman–Crippen LogP) is 2.13. The number of nitrogen functional groups attached to an aromatic ring is 1. The Morgan fingerprint density at radius 3 is 2.59 bits per heavy atom. The van der Waals surface area contributed by atoms with Crippen molar-refractivity contribution in [3.63, 3.8) is 0 Å². The molecule has 2 aromatic rings. The van der Waals surface area contributed by atoms with Crippen LogP contribution in [0.25, 0.3) is 11.1 Å². The Morgan fingerprint density at radius 1 is 1.41 bits per heavy atom. The molecule has 0 saturated carbocycles. The SMILES string of the molecule is COc1ccc(-c2c(N)nn(C)c2C)cc1F. The largest absolute Gasteiger partial charge is 0.494 e. The van der Waals surface area contributed by atoms with Crippen molar-refractivity contribution >= 4 is 5.82 Å². The molecule has 2 rings (SSSR count). The molecule has 0 spiro atoms. The van der Waals surface area contributed by atoms with Crippen LogP contribution in [0.4, 0.5) is 10.2 Å². The summed E-state index contributed by atoms with van der Waals surface area (Å²) in [6.45, 7) is 1.89. The molecule has 2 N–H and O–H groups in total. The molecule has 0 amide bonds. The molecule has 1 aromatic heterocycles. The van der Waals surface area contributed by atoms with E-state index in [0.717, 1.165) is 11.3 Å². The Balaban J connectivity index is 2.57. The third-order valence-electron chi connectivity index (χ3n) is 2.80. The normalized spacial score (nSPS) is 10.6. The first kappa shape index (κ1) is 11.4. The number of nitrogens with zero attached hydrogens (tertiary/aromatic N) is 2. The number of nitrogens with two attached hydrogens (primary N) is 1. The molecule has 0 unspecified atom stereocenters. The number of halogens is 1. The quantitative estimate of drug-likeness (QED) is 0.867. The van der Waals surface area contributed by atoms with E-state index in [0.29, 0.717) is 11.4 Å². The summed E-state index contributed by atoms with van der Waals surface area (Å²) in [4.78, 5) is 0. The van der Waals surface area contributed by atoms with Gasteiger partial charge in [-0.2, -0.15) is 5.10 Å². The Labute approximate surface area is 98.8 Å². The molecule has 0 aliphatic carbocycles. The molecule has 0 radical (unpaired) electrons. The van der Waals surface area contributed by atoms with Crippen molar-refractivity contribution in [3.05, 3.63) is 29.7 Å². The summed E-state index contributed by atoms with van der Waals surface area (Å²) < 4.78 is 20.2. The number of rotatable bonds is 2. The van der Waals surface area contributed by atoms with E-state index in [9.17, 15) is 4.39 Å². The zero-order valence-corrected chi connectivity index (χ0v) is 9.99. The summed E-state index contributed by atoms with van der Waals surface area (Å²) in [7, 11) is 3.23. The molecule has 5 heteroatoms. The van der Waals surface area contributed by atoms with Crippen LogP contribution in [0, 0.1) is 12.7 Å². The fraction of sp³-hybridized carbons (Fsp3) is 0.250. The highest BCUT2D eigenvalue weighted by Crippen LogP contribution is 2.31. The van der Waals surface area contributed by atoms with Crippen molar-refractivity contribution in [3.8, 4) is 16.9 Å². The van der Waals surface area contributed by atoms with Gasteiger partial charge >= 0.3 is 0 Å². The standard InChI is InChI=1S/C12H14FN3O/c1-7-11(12(14)15-16(7)2)8-4-5-10(17-3)9(13)6-8/h4-6H,1-3H3,(H2,14,15). The van der Waals surface area contributed by atoms with Gasteiger partial charge in [0.2, 0.25) is 0 Å². The fourth-order valence-electron chi connectivity index (χ4n) is 1.81. The Bertz CT molecular complexity index is 563. The van der Waals surface area contributed by atoms with Gasteiger partial charge in [0, 0.05) is 18.3 Å². The van der Waals surface area contributed by atoms with Crippen LogP contribution in [0.1, 0.15) is 5.69 Å². The highest BCUT2D eigenvalue weighted by Gasteiger charge is 2.14. The summed E-state index contributed by atoms with van der Waals surface area (Å²) in [5.41, 5.74) is 8.16. The minimum absolute atomic E-state index is 0.217. The van der Waals surface area contributed by atoms with Crippen molar-refractivity contribution in [2.45, 2.75) is 6.92 Å². The number of ether oxygens (including phenoxy) is 1. The van der Waals surface area contributed by atoms with E-state index in [-0.39, 0.29) is 5.75 Å². The first-order chi connectivity index (χ1) is 8.04. The second-order valence-electron chi connectivity index (χ2n) is 3.82. The predicted molar refractivity (Wildman–Crippen MR) is 64.3 cm³/mol. The molecule has 0 atom stereocenters. The summed E-state index contributed by atoms with van der Waals surface area (Å²) in [5.74, 6) is 0.205. The van der Waals surface area contributed by atoms with Crippen molar-refractivity contribution < 1.29 is 9.13 Å². The maximum Gasteiger partial charge on any atom is 0.165 e. The molecular weight excluding hydrogens is 221 g/mol. The van der Waals surface area contributed by atoms with Crippen LogP contribution in [0.5, 0.6) is 5.75 Å². The van der Waals surface area contributed by atoms with E-state index in [1.807, 2.05) is 6.92 Å². The zero-order valence-electron chi connectivity index (χ0n) is 9.99. The lowest BCUT2D eigenvalue weighted by Crippen LogP contribution is -1.93. The molecule has 0 saturated heterocycles. The zero-order chi connectivity index (χ0) is 12.6. The van der Waals surface area contributed by atoms with Crippen LogP contribution in [0.3, 0.4) is 0 Å². The molecular formula is C12H14FN3O. The molecule has 17 heavy (non-hydrogen) atoms. The Kier molecular flexibility index (Phi) is 2.75. The first-order valence-electron chi connectivity index (χ1n) is 5.17. The van der Waals surface area contributed by atoms with Crippen LogP contribution in [0.2, 0.25) is 0 Å². The molecule has 1 aromatic carbocycles. The summed E-state index contributed by atoms with van der Waals surface area (Å²) in [6, 6.07) is 4.75. The molecule has 0 aliphatic rings. The molecule has 90 valence electrons. The number of anilines is 1. The van der Waals surface area contributed by atoms with Crippen molar-refractivity contribution in [1.29, 1.82) is 0 Å². The maximum atomic E-state index is 13.6. The van der Waals surface area contributed by atoms with Gasteiger partial charge in [0.05, 0.1) is 7.11 Å². The Morgan fingerprint density at radius 2 is 2.12 bits per heavy atom. The molecule has 4 nitrogen and oxygen atoms in total. The van der Waals surface area contributed by atoms with Gasteiger partial charge in [-0.05, 0) is 24.6 Å². The second-order valence-corrected chi connectivity index (χ2v) is 3.82. The lowest BCUT2D eigenvalue weighted by molar-refractivity contribution is 0.386. The van der Waals surface area contributed by atoms with Crippen molar-refractivity contribution in [2.24, 2.45) is 7.05 Å². The second kappa shape index (κ2) is 4.08. The molecule has 0 fully saturated rings. The maximum absolute atomic E-state index is 13.6. The molecule has 1 heterocycles. The van der Waals surface area contributed by atoms with Crippen LogP contribution >= 0.6 is 0 Å². The van der Waals surface area contributed by atoms with Gasteiger partial charge in [0.1, 0.15) is 0 Å². The Hall–Kier alpha value is -2.04. The molecule has 0 bridgehead atoms. The van der Waals surface area contributed by atoms with Gasteiger partial charge in [-0.25, -0.2) is 4.39 Å². The van der Waals surface area contributed by atoms with E-state index in [1.54, 1.807) is 23.9 Å². The lowest BCUT2D eigenvalue weighted by Gasteiger charge is -2.05. The summed E-state index contributed by atoms with van der Waals surface area (Å²) in [6.07, 6.45) is 0.